The second-order valence-corrected chi connectivity index (χ2v) is 5.12. The van der Waals surface area contributed by atoms with E-state index in [1.54, 1.807) is 6.92 Å². The van der Waals surface area contributed by atoms with Gasteiger partial charge in [-0.05, 0) is 6.92 Å². The maximum atomic E-state index is 10.9. The molecule has 70 valence electrons. The molecule has 0 bridgehead atoms. The highest BCUT2D eigenvalue weighted by Crippen LogP contribution is 2.26. The molecule has 4 nitrogen and oxygen atoms in total. The lowest BCUT2D eigenvalue weighted by Crippen LogP contribution is -2.28. The fraction of sp³-hybridized carbons (Fsp3) is 0.857. The molecule has 0 aromatic rings. The van der Waals surface area contributed by atoms with Crippen molar-refractivity contribution in [2.45, 2.75) is 33.8 Å². The molecule has 0 aromatic carbocycles. The summed E-state index contributed by atoms with van der Waals surface area (Å²) in [4.78, 5) is 0. The van der Waals surface area contributed by atoms with Crippen LogP contribution in [-0.4, -0.2) is 20.2 Å². The molecular formula is C7H13NO3S. The summed E-state index contributed by atoms with van der Waals surface area (Å²) in [7, 11) is -3.64. The first-order chi connectivity index (χ1) is 5.22. The highest BCUT2D eigenvalue weighted by Gasteiger charge is 2.35. The Bertz CT molecular complexity index is 310. The van der Waals surface area contributed by atoms with E-state index in [1.165, 1.54) is 0 Å². The molecule has 12 heavy (non-hydrogen) atoms. The summed E-state index contributed by atoms with van der Waals surface area (Å²) in [5.74, 6) is 0. The Labute approximate surface area is 72.9 Å². The van der Waals surface area contributed by atoms with E-state index in [9.17, 15) is 8.42 Å². The van der Waals surface area contributed by atoms with E-state index in [0.29, 0.717) is 5.71 Å². The van der Waals surface area contributed by atoms with Crippen molar-refractivity contribution in [1.82, 2.24) is 0 Å². The number of rotatable bonds is 0. The van der Waals surface area contributed by atoms with Crippen molar-refractivity contribution in [3.8, 4) is 0 Å². The Hall–Kier alpha value is -0.420. The molecule has 0 fully saturated rings. The summed E-state index contributed by atoms with van der Waals surface area (Å²) in [5.41, 5.74) is 0.339. The lowest BCUT2D eigenvalue weighted by atomic mass is 9.87. The van der Waals surface area contributed by atoms with Gasteiger partial charge in [-0.25, -0.2) is 4.18 Å². The van der Waals surface area contributed by atoms with E-state index in [2.05, 4.69) is 8.58 Å². The zero-order chi connectivity index (χ0) is 9.57. The van der Waals surface area contributed by atoms with Crippen LogP contribution >= 0.6 is 0 Å². The van der Waals surface area contributed by atoms with Gasteiger partial charge in [0.25, 0.3) is 0 Å². The Morgan fingerprint density at radius 2 is 1.92 bits per heavy atom. The molecule has 1 aliphatic heterocycles. The molecule has 0 amide bonds. The number of hydrogen-bond acceptors (Lipinski definition) is 3. The quantitative estimate of drug-likeness (QED) is 0.577. The van der Waals surface area contributed by atoms with Crippen LogP contribution in [0.5, 0.6) is 0 Å². The van der Waals surface area contributed by atoms with E-state index in [0.717, 1.165) is 0 Å². The topological polar surface area (TPSA) is 55.7 Å². The summed E-state index contributed by atoms with van der Waals surface area (Å²) < 4.78 is 30.0. The van der Waals surface area contributed by atoms with Crippen molar-refractivity contribution in [1.29, 1.82) is 0 Å². The Kier molecular flexibility index (Phi) is 2.04. The maximum absolute atomic E-state index is 10.9. The molecule has 0 N–H and O–H groups in total. The summed E-state index contributed by atoms with van der Waals surface area (Å²) in [6.45, 7) is 7.42. The van der Waals surface area contributed by atoms with Crippen LogP contribution in [0.1, 0.15) is 27.7 Å². The smallest absolute Gasteiger partial charge is 0.243 e. The van der Waals surface area contributed by atoms with Crippen molar-refractivity contribution >= 4 is 16.0 Å². The largest absolute Gasteiger partial charge is 0.381 e. The zero-order valence-corrected chi connectivity index (χ0v) is 8.47. The molecule has 1 aliphatic rings. The normalized spacial score (nSPS) is 28.7. The molecule has 0 saturated heterocycles. The van der Waals surface area contributed by atoms with Gasteiger partial charge in [0.2, 0.25) is 0 Å². The fourth-order valence-electron chi connectivity index (χ4n) is 1.19. The molecule has 5 heteroatoms. The molecule has 0 spiro atoms. The van der Waals surface area contributed by atoms with Gasteiger partial charge < -0.3 is 0 Å². The predicted molar refractivity (Wildman–Crippen MR) is 46.4 cm³/mol. The minimum absolute atomic E-state index is 0.247. The van der Waals surface area contributed by atoms with Crippen LogP contribution in [0.2, 0.25) is 0 Å². The predicted octanol–water partition coefficient (Wildman–Crippen LogP) is 1.14. The fourth-order valence-corrected chi connectivity index (χ4v) is 2.35. The Morgan fingerprint density at radius 3 is 2.08 bits per heavy atom. The van der Waals surface area contributed by atoms with E-state index >= 15 is 0 Å². The van der Waals surface area contributed by atoms with Crippen molar-refractivity contribution in [2.24, 2.45) is 9.81 Å². The minimum atomic E-state index is -3.64. The first kappa shape index (κ1) is 9.67. The molecule has 0 aromatic heterocycles. The molecule has 1 heterocycles. The number of hydrogen-bond donors (Lipinski definition) is 0. The highest BCUT2D eigenvalue weighted by molar-refractivity contribution is 7.85. The molecule has 0 radical (unpaired) electrons. The van der Waals surface area contributed by atoms with Crippen molar-refractivity contribution in [2.75, 3.05) is 0 Å². The van der Waals surface area contributed by atoms with Gasteiger partial charge in [-0.1, -0.05) is 20.8 Å². The van der Waals surface area contributed by atoms with Crippen LogP contribution in [0.25, 0.3) is 0 Å². The standard InChI is InChI=1S/C7H13NO3S/c1-5-6(7(2,3)4)8-12(9,10)11-5/h5H,1-4H3. The van der Waals surface area contributed by atoms with Gasteiger partial charge in [-0.2, -0.15) is 8.42 Å². The molecule has 1 unspecified atom stereocenters. The Morgan fingerprint density at radius 1 is 1.42 bits per heavy atom. The van der Waals surface area contributed by atoms with Crippen LogP contribution in [0.4, 0.5) is 0 Å². The third kappa shape index (κ3) is 1.84. The van der Waals surface area contributed by atoms with Crippen LogP contribution in [0.3, 0.4) is 0 Å². The van der Waals surface area contributed by atoms with Gasteiger partial charge >= 0.3 is 10.3 Å². The third-order valence-corrected chi connectivity index (χ3v) is 2.58. The van der Waals surface area contributed by atoms with Crippen LogP contribution in [0.15, 0.2) is 4.40 Å². The second kappa shape index (κ2) is 2.53. The summed E-state index contributed by atoms with van der Waals surface area (Å²) in [6.07, 6.45) is -0.421. The van der Waals surface area contributed by atoms with Gasteiger partial charge in [0.05, 0.1) is 5.71 Å². The highest BCUT2D eigenvalue weighted by atomic mass is 32.2. The zero-order valence-electron chi connectivity index (χ0n) is 7.66. The van der Waals surface area contributed by atoms with Crippen molar-refractivity contribution in [3.05, 3.63) is 0 Å². The van der Waals surface area contributed by atoms with Crippen LogP contribution in [-0.2, 0) is 14.5 Å². The maximum Gasteiger partial charge on any atom is 0.381 e. The van der Waals surface area contributed by atoms with E-state index in [1.807, 2.05) is 20.8 Å². The average Bonchev–Trinajstić information content (AvgIpc) is 2.03. The SMILES string of the molecule is CC1OS(=O)(=O)N=C1C(C)(C)C. The first-order valence-electron chi connectivity index (χ1n) is 3.76. The molecule has 1 atom stereocenters. The van der Waals surface area contributed by atoms with Gasteiger partial charge in [-0.15, -0.1) is 4.40 Å². The summed E-state index contributed by atoms with van der Waals surface area (Å²) in [5, 5.41) is 0. The average molecular weight is 191 g/mol. The Balaban J connectivity index is 3.09. The summed E-state index contributed by atoms with van der Waals surface area (Å²) in [6, 6.07) is 0. The molecule has 1 rings (SSSR count). The minimum Gasteiger partial charge on any atom is -0.243 e. The monoisotopic (exact) mass is 191 g/mol. The van der Waals surface area contributed by atoms with Gasteiger partial charge in [0, 0.05) is 5.41 Å². The van der Waals surface area contributed by atoms with E-state index in [-0.39, 0.29) is 5.41 Å². The molecule has 0 saturated carbocycles. The third-order valence-electron chi connectivity index (χ3n) is 1.63. The molecular weight excluding hydrogens is 178 g/mol. The second-order valence-electron chi connectivity index (χ2n) is 3.89. The van der Waals surface area contributed by atoms with Crippen molar-refractivity contribution in [3.63, 3.8) is 0 Å². The van der Waals surface area contributed by atoms with Crippen molar-refractivity contribution < 1.29 is 12.6 Å². The van der Waals surface area contributed by atoms with E-state index in [4.69, 9.17) is 0 Å². The first-order valence-corrected chi connectivity index (χ1v) is 5.12. The van der Waals surface area contributed by atoms with Gasteiger partial charge in [-0.3, -0.25) is 0 Å². The van der Waals surface area contributed by atoms with Gasteiger partial charge in [0.15, 0.2) is 0 Å². The van der Waals surface area contributed by atoms with Crippen LogP contribution < -0.4 is 0 Å². The number of nitrogens with zero attached hydrogens (tertiary/aromatic N) is 1. The van der Waals surface area contributed by atoms with Crippen LogP contribution in [0, 0.1) is 5.41 Å². The lowest BCUT2D eigenvalue weighted by Gasteiger charge is -2.19. The summed E-state index contributed by atoms with van der Waals surface area (Å²) >= 11 is 0. The lowest BCUT2D eigenvalue weighted by molar-refractivity contribution is 0.294. The molecule has 0 aliphatic carbocycles. The van der Waals surface area contributed by atoms with Gasteiger partial charge in [0.1, 0.15) is 6.10 Å². The van der Waals surface area contributed by atoms with E-state index < -0.39 is 16.4 Å².